The van der Waals surface area contributed by atoms with Crippen LogP contribution in [0.2, 0.25) is 0 Å². The van der Waals surface area contributed by atoms with Crippen molar-refractivity contribution in [1.29, 1.82) is 0 Å². The topological polar surface area (TPSA) is 24.4 Å². The van der Waals surface area contributed by atoms with Gasteiger partial charge >= 0.3 is 0 Å². The number of allylic oxidation sites excluding steroid dienone is 6. The zero-order valence-corrected chi connectivity index (χ0v) is 9.67. The average Bonchev–Trinajstić information content (AvgIpc) is 2.77. The Morgan fingerprint density at radius 1 is 1.53 bits per heavy atom. The van der Waals surface area contributed by atoms with Crippen molar-refractivity contribution in [2.45, 2.75) is 20.3 Å². The summed E-state index contributed by atoms with van der Waals surface area (Å²) in [5, 5.41) is 3.31. The number of rotatable bonds is 3. The van der Waals surface area contributed by atoms with Crippen LogP contribution in [0.4, 0.5) is 0 Å². The molecule has 0 aromatic carbocycles. The number of hydrogen-bond acceptors (Lipinski definition) is 1. The van der Waals surface area contributed by atoms with E-state index in [1.807, 2.05) is 13.0 Å². The highest BCUT2D eigenvalue weighted by molar-refractivity contribution is 5.82. The normalized spacial score (nSPS) is 17.3. The van der Waals surface area contributed by atoms with Gasteiger partial charge in [-0.05, 0) is 31.4 Å². The van der Waals surface area contributed by atoms with Crippen LogP contribution >= 0.6 is 0 Å². The fourth-order valence-electron chi connectivity index (χ4n) is 1.40. The Bertz CT molecular complexity index is 368. The Kier molecular flexibility index (Phi) is 4.10. The lowest BCUT2D eigenvalue weighted by Crippen LogP contribution is -2.21. The quantitative estimate of drug-likeness (QED) is 0.424. The summed E-state index contributed by atoms with van der Waals surface area (Å²) in [5.41, 5.74) is 3.56. The van der Waals surface area contributed by atoms with Gasteiger partial charge < -0.3 is 5.32 Å². The molecule has 0 aromatic rings. The SMILES string of the molecule is C=C/C(C)=C(/NC(C)=NC)C1=CC=CC1. The van der Waals surface area contributed by atoms with Crippen LogP contribution in [0.25, 0.3) is 0 Å². The first kappa shape index (κ1) is 11.5. The van der Waals surface area contributed by atoms with Crippen molar-refractivity contribution in [1.82, 2.24) is 5.32 Å². The fourth-order valence-corrected chi connectivity index (χ4v) is 1.40. The number of amidine groups is 1. The summed E-state index contributed by atoms with van der Waals surface area (Å²) in [5.74, 6) is 0.916. The summed E-state index contributed by atoms with van der Waals surface area (Å²) in [7, 11) is 1.78. The van der Waals surface area contributed by atoms with Gasteiger partial charge in [0.05, 0.1) is 5.84 Å². The van der Waals surface area contributed by atoms with Crippen LogP contribution in [0.3, 0.4) is 0 Å². The lowest BCUT2D eigenvalue weighted by molar-refractivity contribution is 1.05. The molecule has 1 rings (SSSR count). The minimum absolute atomic E-state index is 0.916. The van der Waals surface area contributed by atoms with E-state index in [1.54, 1.807) is 7.05 Å². The van der Waals surface area contributed by atoms with Gasteiger partial charge in [0.1, 0.15) is 0 Å². The van der Waals surface area contributed by atoms with E-state index < -0.39 is 0 Å². The molecule has 1 aliphatic carbocycles. The minimum Gasteiger partial charge on any atom is -0.344 e. The molecule has 0 aliphatic heterocycles. The Labute approximate surface area is 91.8 Å². The van der Waals surface area contributed by atoms with Gasteiger partial charge in [0.2, 0.25) is 0 Å². The zero-order chi connectivity index (χ0) is 11.3. The maximum absolute atomic E-state index is 4.11. The first-order valence-electron chi connectivity index (χ1n) is 5.08. The van der Waals surface area contributed by atoms with Crippen molar-refractivity contribution in [3.63, 3.8) is 0 Å². The second kappa shape index (κ2) is 5.35. The zero-order valence-electron chi connectivity index (χ0n) is 9.67. The van der Waals surface area contributed by atoms with E-state index >= 15 is 0 Å². The molecular formula is C13H18N2. The molecule has 2 heteroatoms. The molecule has 15 heavy (non-hydrogen) atoms. The highest BCUT2D eigenvalue weighted by Crippen LogP contribution is 2.21. The summed E-state index contributed by atoms with van der Waals surface area (Å²) in [6.07, 6.45) is 9.19. The van der Waals surface area contributed by atoms with Gasteiger partial charge in [-0.25, -0.2) is 0 Å². The molecule has 0 radical (unpaired) electrons. The van der Waals surface area contributed by atoms with E-state index in [4.69, 9.17) is 0 Å². The second-order valence-corrected chi connectivity index (χ2v) is 3.52. The molecule has 0 amide bonds. The van der Waals surface area contributed by atoms with Crippen LogP contribution in [0.5, 0.6) is 0 Å². The lowest BCUT2D eigenvalue weighted by atomic mass is 10.1. The number of nitrogens with zero attached hydrogens (tertiary/aromatic N) is 1. The summed E-state index contributed by atoms with van der Waals surface area (Å²) < 4.78 is 0. The number of hydrogen-bond donors (Lipinski definition) is 1. The average molecular weight is 202 g/mol. The monoisotopic (exact) mass is 202 g/mol. The van der Waals surface area contributed by atoms with Crippen molar-refractivity contribution in [2.75, 3.05) is 7.05 Å². The van der Waals surface area contributed by atoms with E-state index in [0.717, 1.165) is 23.5 Å². The fraction of sp³-hybridized carbons (Fsp3) is 0.308. The van der Waals surface area contributed by atoms with Crippen LogP contribution in [0.1, 0.15) is 20.3 Å². The highest BCUT2D eigenvalue weighted by atomic mass is 15.0. The Morgan fingerprint density at radius 2 is 2.27 bits per heavy atom. The molecular weight excluding hydrogens is 184 g/mol. The maximum Gasteiger partial charge on any atom is 0.0972 e. The van der Waals surface area contributed by atoms with E-state index in [1.165, 1.54) is 5.57 Å². The molecule has 2 nitrogen and oxygen atoms in total. The third-order valence-electron chi connectivity index (χ3n) is 2.43. The molecule has 80 valence electrons. The molecule has 0 saturated carbocycles. The second-order valence-electron chi connectivity index (χ2n) is 3.52. The van der Waals surface area contributed by atoms with Crippen molar-refractivity contribution >= 4 is 5.84 Å². The summed E-state index contributed by atoms with van der Waals surface area (Å²) in [4.78, 5) is 4.11. The summed E-state index contributed by atoms with van der Waals surface area (Å²) in [6.45, 7) is 7.81. The van der Waals surface area contributed by atoms with Gasteiger partial charge in [-0.15, -0.1) is 0 Å². The summed E-state index contributed by atoms with van der Waals surface area (Å²) in [6, 6.07) is 0. The molecule has 0 atom stereocenters. The Balaban J connectivity index is 2.94. The van der Waals surface area contributed by atoms with Gasteiger partial charge in [0.25, 0.3) is 0 Å². The van der Waals surface area contributed by atoms with Crippen molar-refractivity contribution in [3.05, 3.63) is 47.7 Å². The maximum atomic E-state index is 4.11. The van der Waals surface area contributed by atoms with Gasteiger partial charge in [-0.2, -0.15) is 0 Å². The van der Waals surface area contributed by atoms with Crippen molar-refractivity contribution in [2.24, 2.45) is 4.99 Å². The van der Waals surface area contributed by atoms with Gasteiger partial charge in [0.15, 0.2) is 0 Å². The molecule has 1 aliphatic rings. The summed E-state index contributed by atoms with van der Waals surface area (Å²) >= 11 is 0. The molecule has 0 unspecified atom stereocenters. The van der Waals surface area contributed by atoms with Crippen LogP contribution in [0, 0.1) is 0 Å². The van der Waals surface area contributed by atoms with E-state index in [9.17, 15) is 0 Å². The first-order valence-corrected chi connectivity index (χ1v) is 5.08. The first-order chi connectivity index (χ1) is 7.19. The molecule has 0 fully saturated rings. The van der Waals surface area contributed by atoms with Crippen LogP contribution < -0.4 is 5.32 Å². The highest BCUT2D eigenvalue weighted by Gasteiger charge is 2.09. The molecule has 0 heterocycles. The third-order valence-corrected chi connectivity index (χ3v) is 2.43. The van der Waals surface area contributed by atoms with Crippen LogP contribution in [-0.4, -0.2) is 12.9 Å². The van der Waals surface area contributed by atoms with Gasteiger partial charge in [-0.3, -0.25) is 4.99 Å². The molecule has 0 saturated heterocycles. The Morgan fingerprint density at radius 3 is 2.73 bits per heavy atom. The lowest BCUT2D eigenvalue weighted by Gasteiger charge is -2.14. The molecule has 1 N–H and O–H groups in total. The Hall–Kier alpha value is -1.57. The van der Waals surface area contributed by atoms with Crippen LogP contribution in [0.15, 0.2) is 52.7 Å². The number of nitrogens with one attached hydrogen (secondary N) is 1. The number of aliphatic imine (C=N–C) groups is 1. The molecule has 0 aromatic heterocycles. The standard InChI is InChI=1S/C13H18N2/c1-5-10(2)13(15-11(3)14-4)12-8-6-7-9-12/h5-8H,1,9H2,2-4H3,(H,14,15)/b13-10+. The van der Waals surface area contributed by atoms with E-state index in [0.29, 0.717) is 0 Å². The van der Waals surface area contributed by atoms with Gasteiger partial charge in [0, 0.05) is 12.7 Å². The van der Waals surface area contributed by atoms with Gasteiger partial charge in [-0.1, -0.05) is 30.9 Å². The predicted octanol–water partition coefficient (Wildman–Crippen LogP) is 2.97. The minimum atomic E-state index is 0.916. The van der Waals surface area contributed by atoms with Crippen molar-refractivity contribution in [3.8, 4) is 0 Å². The predicted molar refractivity (Wildman–Crippen MR) is 66.9 cm³/mol. The van der Waals surface area contributed by atoms with E-state index in [-0.39, 0.29) is 0 Å². The third kappa shape index (κ3) is 2.94. The van der Waals surface area contributed by atoms with Crippen LogP contribution in [-0.2, 0) is 0 Å². The smallest absolute Gasteiger partial charge is 0.0972 e. The molecule has 0 bridgehead atoms. The van der Waals surface area contributed by atoms with E-state index in [2.05, 4.69) is 42.0 Å². The largest absolute Gasteiger partial charge is 0.344 e. The van der Waals surface area contributed by atoms with Crippen molar-refractivity contribution < 1.29 is 0 Å². The molecule has 0 spiro atoms.